The highest BCUT2D eigenvalue weighted by atomic mass is 16.5. The van der Waals surface area contributed by atoms with Crippen LogP contribution in [0.15, 0.2) is 104 Å². The first kappa shape index (κ1) is 27.2. The number of hydrogen-bond acceptors (Lipinski definition) is 3. The van der Waals surface area contributed by atoms with Crippen LogP contribution >= 0.6 is 0 Å². The van der Waals surface area contributed by atoms with Gasteiger partial charge < -0.3 is 15.4 Å². The molecule has 0 aromatic heterocycles. The van der Waals surface area contributed by atoms with E-state index >= 15 is 0 Å². The topological polar surface area (TPSA) is 67.4 Å². The van der Waals surface area contributed by atoms with E-state index in [1.807, 2.05) is 54.6 Å². The van der Waals surface area contributed by atoms with Crippen LogP contribution < -0.4 is 10.6 Å². The summed E-state index contributed by atoms with van der Waals surface area (Å²) in [4.78, 5) is 26.3. The standard InChI is InChI=1S/C35H36N2O3/c1-2-3-4-5-6-22-33(34(38)36-23-26-16-13-15-25-14-7-8-17-27(25)26)37-35(39)40-24-32-30-20-11-9-18-28(30)29-19-10-12-21-31(29)32/h2,7-21,32-33H,1,3-6,22-24H2,(H,36,38)(H,37,39)/t33-/m0/s1. The summed E-state index contributed by atoms with van der Waals surface area (Å²) >= 11 is 0. The maximum absolute atomic E-state index is 13.3. The maximum atomic E-state index is 13.3. The van der Waals surface area contributed by atoms with Crippen LogP contribution in [0.1, 0.15) is 54.7 Å². The number of allylic oxidation sites excluding steroid dienone is 1. The van der Waals surface area contributed by atoms with Gasteiger partial charge in [-0.15, -0.1) is 6.58 Å². The van der Waals surface area contributed by atoms with Crippen molar-refractivity contribution < 1.29 is 14.3 Å². The van der Waals surface area contributed by atoms with Gasteiger partial charge in [-0.05, 0) is 57.9 Å². The summed E-state index contributed by atoms with van der Waals surface area (Å²) in [5.74, 6) is -0.235. The van der Waals surface area contributed by atoms with Crippen LogP contribution in [0.3, 0.4) is 0 Å². The molecule has 4 aromatic carbocycles. The minimum absolute atomic E-state index is 0.0318. The quantitative estimate of drug-likeness (QED) is 0.147. The molecule has 5 heteroatoms. The second-order valence-electron chi connectivity index (χ2n) is 10.3. The smallest absolute Gasteiger partial charge is 0.407 e. The molecule has 40 heavy (non-hydrogen) atoms. The lowest BCUT2D eigenvalue weighted by atomic mass is 9.98. The third-order valence-corrected chi connectivity index (χ3v) is 7.69. The normalized spacial score (nSPS) is 12.8. The fraction of sp³-hybridized carbons (Fsp3) is 0.257. The third-order valence-electron chi connectivity index (χ3n) is 7.69. The van der Waals surface area contributed by atoms with Gasteiger partial charge >= 0.3 is 6.09 Å². The first-order valence-corrected chi connectivity index (χ1v) is 14.1. The Morgan fingerprint density at radius 1 is 0.825 bits per heavy atom. The van der Waals surface area contributed by atoms with Crippen molar-refractivity contribution in [3.8, 4) is 11.1 Å². The lowest BCUT2D eigenvalue weighted by Crippen LogP contribution is -2.46. The van der Waals surface area contributed by atoms with Gasteiger partial charge in [0.1, 0.15) is 12.6 Å². The first-order chi connectivity index (χ1) is 19.7. The lowest BCUT2D eigenvalue weighted by molar-refractivity contribution is -0.123. The van der Waals surface area contributed by atoms with Crippen LogP contribution in [0.2, 0.25) is 0 Å². The van der Waals surface area contributed by atoms with Gasteiger partial charge in [-0.1, -0.05) is 110 Å². The number of fused-ring (bicyclic) bond motifs is 4. The number of nitrogens with one attached hydrogen (secondary N) is 2. The molecule has 5 rings (SSSR count). The number of rotatable bonds is 12. The van der Waals surface area contributed by atoms with E-state index in [1.54, 1.807) is 0 Å². The van der Waals surface area contributed by atoms with E-state index in [-0.39, 0.29) is 18.4 Å². The van der Waals surface area contributed by atoms with E-state index < -0.39 is 12.1 Å². The molecule has 5 nitrogen and oxygen atoms in total. The predicted octanol–water partition coefficient (Wildman–Crippen LogP) is 7.50. The SMILES string of the molecule is C=CCCCCC[C@H](NC(=O)OCC1c2ccccc2-c2ccccc21)C(=O)NCc1cccc2ccccc12. The second-order valence-corrected chi connectivity index (χ2v) is 10.3. The van der Waals surface area contributed by atoms with Crippen molar-refractivity contribution in [1.29, 1.82) is 0 Å². The minimum atomic E-state index is -0.672. The molecule has 0 spiro atoms. The number of hydrogen-bond donors (Lipinski definition) is 2. The monoisotopic (exact) mass is 532 g/mol. The van der Waals surface area contributed by atoms with Crippen LogP contribution in [-0.2, 0) is 16.1 Å². The van der Waals surface area contributed by atoms with E-state index in [9.17, 15) is 9.59 Å². The summed E-state index contributed by atoms with van der Waals surface area (Å²) in [7, 11) is 0. The number of carbonyl (C=O) groups is 2. The fourth-order valence-electron chi connectivity index (χ4n) is 5.62. The van der Waals surface area contributed by atoms with Gasteiger partial charge in [0.15, 0.2) is 0 Å². The minimum Gasteiger partial charge on any atom is -0.449 e. The molecule has 204 valence electrons. The predicted molar refractivity (Wildman–Crippen MR) is 161 cm³/mol. The number of ether oxygens (including phenoxy) is 1. The summed E-state index contributed by atoms with van der Waals surface area (Å²) in [6, 6.07) is 30.0. The van der Waals surface area contributed by atoms with E-state index in [2.05, 4.69) is 59.7 Å². The van der Waals surface area contributed by atoms with Crippen molar-refractivity contribution in [3.63, 3.8) is 0 Å². The van der Waals surface area contributed by atoms with Gasteiger partial charge in [-0.2, -0.15) is 0 Å². The zero-order chi connectivity index (χ0) is 27.7. The van der Waals surface area contributed by atoms with Crippen molar-refractivity contribution in [2.24, 2.45) is 0 Å². The number of alkyl carbamates (subject to hydrolysis) is 1. The van der Waals surface area contributed by atoms with Crippen molar-refractivity contribution >= 4 is 22.8 Å². The molecule has 2 N–H and O–H groups in total. The highest BCUT2D eigenvalue weighted by Gasteiger charge is 2.29. The van der Waals surface area contributed by atoms with Crippen LogP contribution in [-0.4, -0.2) is 24.6 Å². The molecule has 0 radical (unpaired) electrons. The molecule has 0 saturated heterocycles. The van der Waals surface area contributed by atoms with Crippen molar-refractivity contribution in [1.82, 2.24) is 10.6 Å². The maximum Gasteiger partial charge on any atom is 0.407 e. The van der Waals surface area contributed by atoms with Gasteiger partial charge in [0.25, 0.3) is 0 Å². The Balaban J connectivity index is 1.22. The average molecular weight is 533 g/mol. The summed E-state index contributed by atoms with van der Waals surface area (Å²) in [6.07, 6.45) is 5.62. The number of benzene rings is 4. The van der Waals surface area contributed by atoms with Crippen LogP contribution in [0.4, 0.5) is 4.79 Å². The molecule has 1 aliphatic rings. The third kappa shape index (κ3) is 6.26. The van der Waals surface area contributed by atoms with Gasteiger partial charge in [-0.3, -0.25) is 4.79 Å². The molecular formula is C35H36N2O3. The molecular weight excluding hydrogens is 496 g/mol. The summed E-state index contributed by atoms with van der Waals surface area (Å²) < 4.78 is 5.74. The zero-order valence-corrected chi connectivity index (χ0v) is 22.8. The summed E-state index contributed by atoms with van der Waals surface area (Å²) in [5, 5.41) is 8.14. The molecule has 0 fully saturated rings. The second kappa shape index (κ2) is 13.1. The average Bonchev–Trinajstić information content (AvgIpc) is 3.31. The summed E-state index contributed by atoms with van der Waals surface area (Å²) in [5.41, 5.74) is 5.71. The van der Waals surface area contributed by atoms with Gasteiger partial charge in [0, 0.05) is 12.5 Å². The van der Waals surface area contributed by atoms with E-state index in [1.165, 1.54) is 11.1 Å². The van der Waals surface area contributed by atoms with Gasteiger partial charge in [0.2, 0.25) is 5.91 Å². The van der Waals surface area contributed by atoms with Crippen LogP contribution in [0, 0.1) is 0 Å². The Labute approximate surface area is 236 Å². The Morgan fingerprint density at radius 2 is 1.50 bits per heavy atom. The molecule has 0 saturated carbocycles. The Morgan fingerprint density at radius 3 is 2.25 bits per heavy atom. The highest BCUT2D eigenvalue weighted by Crippen LogP contribution is 2.44. The Kier molecular flexibility index (Phi) is 8.92. The fourth-order valence-corrected chi connectivity index (χ4v) is 5.62. The Bertz CT molecular complexity index is 1440. The zero-order valence-electron chi connectivity index (χ0n) is 22.8. The van der Waals surface area contributed by atoms with E-state index in [0.717, 1.165) is 53.1 Å². The van der Waals surface area contributed by atoms with E-state index in [4.69, 9.17) is 4.74 Å². The largest absolute Gasteiger partial charge is 0.449 e. The number of unbranched alkanes of at least 4 members (excludes halogenated alkanes) is 3. The molecule has 0 aliphatic heterocycles. The number of carbonyl (C=O) groups excluding carboxylic acids is 2. The van der Waals surface area contributed by atoms with Crippen molar-refractivity contribution in [2.45, 2.75) is 50.6 Å². The van der Waals surface area contributed by atoms with Crippen molar-refractivity contribution in [2.75, 3.05) is 6.61 Å². The summed E-state index contributed by atoms with van der Waals surface area (Å²) in [6.45, 7) is 4.38. The van der Waals surface area contributed by atoms with Crippen molar-refractivity contribution in [3.05, 3.63) is 120 Å². The highest BCUT2D eigenvalue weighted by molar-refractivity contribution is 5.88. The first-order valence-electron chi connectivity index (χ1n) is 14.1. The van der Waals surface area contributed by atoms with E-state index in [0.29, 0.717) is 13.0 Å². The molecule has 1 atom stereocenters. The Hall–Kier alpha value is -4.38. The molecule has 4 aromatic rings. The van der Waals surface area contributed by atoms with Gasteiger partial charge in [-0.25, -0.2) is 4.79 Å². The molecule has 0 bridgehead atoms. The van der Waals surface area contributed by atoms with Crippen LogP contribution in [0.25, 0.3) is 21.9 Å². The number of amides is 2. The molecule has 0 unspecified atom stereocenters. The lowest BCUT2D eigenvalue weighted by Gasteiger charge is -2.20. The van der Waals surface area contributed by atoms with Crippen LogP contribution in [0.5, 0.6) is 0 Å². The molecule has 2 amide bonds. The molecule has 0 heterocycles. The molecule has 1 aliphatic carbocycles. The van der Waals surface area contributed by atoms with Gasteiger partial charge in [0.05, 0.1) is 0 Å².